The molecular weight excluding hydrogens is 339 g/mol. The van der Waals surface area contributed by atoms with Gasteiger partial charge in [0, 0.05) is 11.6 Å². The number of amides is 1. The number of ether oxygens (including phenoxy) is 1. The molecule has 1 rings (SSSR count). The summed E-state index contributed by atoms with van der Waals surface area (Å²) in [6.45, 7) is 3.68. The number of hydrogen-bond donors (Lipinski definition) is 1. The average molecular weight is 354 g/mol. The summed E-state index contributed by atoms with van der Waals surface area (Å²) >= 11 is 3.08. The number of halogens is 4. The third kappa shape index (κ3) is 4.49. The summed E-state index contributed by atoms with van der Waals surface area (Å²) in [6, 6.07) is 2.95. The lowest BCUT2D eigenvalue weighted by molar-refractivity contribution is -0.137. The summed E-state index contributed by atoms with van der Waals surface area (Å²) in [5.74, 6) is -0.593. The zero-order chi connectivity index (χ0) is 15.6. The van der Waals surface area contributed by atoms with Crippen LogP contribution in [0.1, 0.15) is 29.8 Å². The lowest BCUT2D eigenvalue weighted by atomic mass is 10.0. The molecule has 0 bridgehead atoms. The molecule has 1 N–H and O–H groups in total. The molecule has 0 aliphatic carbocycles. The fourth-order valence-corrected chi connectivity index (χ4v) is 2.07. The largest absolute Gasteiger partial charge is 0.416 e. The van der Waals surface area contributed by atoms with Gasteiger partial charge in [0.15, 0.2) is 0 Å². The van der Waals surface area contributed by atoms with Gasteiger partial charge in [0.2, 0.25) is 0 Å². The zero-order valence-corrected chi connectivity index (χ0v) is 12.9. The Morgan fingerprint density at radius 2 is 1.95 bits per heavy atom. The van der Waals surface area contributed by atoms with Crippen molar-refractivity contribution < 1.29 is 22.7 Å². The third-order valence-electron chi connectivity index (χ3n) is 2.50. The summed E-state index contributed by atoms with van der Waals surface area (Å²) in [5, 5.41) is 2.63. The first-order chi connectivity index (χ1) is 9.07. The van der Waals surface area contributed by atoms with E-state index >= 15 is 0 Å². The van der Waals surface area contributed by atoms with Gasteiger partial charge in [-0.25, -0.2) is 0 Å². The maximum absolute atomic E-state index is 12.7. The van der Waals surface area contributed by atoms with Crippen LogP contribution < -0.4 is 5.32 Å². The van der Waals surface area contributed by atoms with Crippen molar-refractivity contribution in [3.8, 4) is 0 Å². The smallest absolute Gasteiger partial charge is 0.382 e. The van der Waals surface area contributed by atoms with E-state index in [4.69, 9.17) is 4.74 Å². The molecule has 7 heteroatoms. The van der Waals surface area contributed by atoms with Gasteiger partial charge in [0.05, 0.1) is 23.3 Å². The molecule has 1 amide bonds. The average Bonchev–Trinajstić information content (AvgIpc) is 2.26. The van der Waals surface area contributed by atoms with E-state index in [0.717, 1.165) is 12.1 Å². The summed E-state index contributed by atoms with van der Waals surface area (Å²) in [4.78, 5) is 12.1. The predicted molar refractivity (Wildman–Crippen MR) is 72.6 cm³/mol. The van der Waals surface area contributed by atoms with Crippen LogP contribution in [0.3, 0.4) is 0 Å². The fraction of sp³-hybridized carbons (Fsp3) is 0.462. The molecule has 0 unspecified atom stereocenters. The van der Waals surface area contributed by atoms with Crippen LogP contribution in [0.5, 0.6) is 0 Å². The molecule has 112 valence electrons. The van der Waals surface area contributed by atoms with E-state index < -0.39 is 23.2 Å². The minimum Gasteiger partial charge on any atom is -0.382 e. The van der Waals surface area contributed by atoms with Gasteiger partial charge >= 0.3 is 6.18 Å². The molecule has 0 saturated heterocycles. The molecule has 20 heavy (non-hydrogen) atoms. The molecule has 0 saturated carbocycles. The maximum atomic E-state index is 12.7. The second kappa shape index (κ2) is 6.13. The lowest BCUT2D eigenvalue weighted by Gasteiger charge is -2.25. The molecule has 0 aliphatic rings. The molecule has 0 heterocycles. The van der Waals surface area contributed by atoms with Gasteiger partial charge in [-0.15, -0.1) is 0 Å². The molecule has 0 atom stereocenters. The lowest BCUT2D eigenvalue weighted by Crippen LogP contribution is -2.46. The van der Waals surface area contributed by atoms with E-state index in [9.17, 15) is 18.0 Å². The summed E-state index contributed by atoms with van der Waals surface area (Å²) in [7, 11) is 1.48. The van der Waals surface area contributed by atoms with Crippen molar-refractivity contribution in [2.24, 2.45) is 0 Å². The maximum Gasteiger partial charge on any atom is 0.416 e. The Morgan fingerprint density at radius 3 is 2.45 bits per heavy atom. The summed E-state index contributed by atoms with van der Waals surface area (Å²) in [5.41, 5.74) is -1.61. The highest BCUT2D eigenvalue weighted by molar-refractivity contribution is 9.10. The van der Waals surface area contributed by atoms with Gasteiger partial charge in [-0.2, -0.15) is 13.2 Å². The highest BCUT2D eigenvalue weighted by Gasteiger charge is 2.32. The van der Waals surface area contributed by atoms with Crippen LogP contribution >= 0.6 is 15.9 Å². The van der Waals surface area contributed by atoms with Crippen molar-refractivity contribution in [3.63, 3.8) is 0 Å². The van der Waals surface area contributed by atoms with Gasteiger partial charge in [0.25, 0.3) is 5.91 Å². The van der Waals surface area contributed by atoms with Gasteiger partial charge in [0.1, 0.15) is 0 Å². The molecule has 0 aromatic heterocycles. The molecule has 0 aliphatic heterocycles. The van der Waals surface area contributed by atoms with Gasteiger partial charge < -0.3 is 10.1 Å². The van der Waals surface area contributed by atoms with Gasteiger partial charge in [-0.1, -0.05) is 0 Å². The van der Waals surface area contributed by atoms with Crippen molar-refractivity contribution in [2.45, 2.75) is 25.6 Å². The quantitative estimate of drug-likeness (QED) is 0.897. The zero-order valence-electron chi connectivity index (χ0n) is 11.3. The third-order valence-corrected chi connectivity index (χ3v) is 3.19. The number of carbonyl (C=O) groups excluding carboxylic acids is 1. The van der Waals surface area contributed by atoms with Crippen LogP contribution in [0.15, 0.2) is 22.7 Å². The minimum absolute atomic E-state index is 0.0657. The number of nitrogens with one attached hydrogen (secondary N) is 1. The van der Waals surface area contributed by atoms with Crippen molar-refractivity contribution >= 4 is 21.8 Å². The van der Waals surface area contributed by atoms with E-state index in [2.05, 4.69) is 21.2 Å². The molecule has 1 aromatic rings. The predicted octanol–water partition coefficient (Wildman–Crippen LogP) is 3.62. The molecule has 0 fully saturated rings. The Morgan fingerprint density at radius 1 is 1.35 bits per heavy atom. The topological polar surface area (TPSA) is 38.3 Å². The Balaban J connectivity index is 3.04. The van der Waals surface area contributed by atoms with E-state index in [1.807, 2.05) is 0 Å². The molecule has 1 aromatic carbocycles. The number of hydrogen-bond acceptors (Lipinski definition) is 2. The normalized spacial score (nSPS) is 12.3. The second-order valence-electron chi connectivity index (χ2n) is 4.96. The van der Waals surface area contributed by atoms with Crippen molar-refractivity contribution in [1.29, 1.82) is 0 Å². The van der Waals surface area contributed by atoms with Gasteiger partial charge in [-0.05, 0) is 48.0 Å². The molecule has 0 radical (unpaired) electrons. The molecule has 3 nitrogen and oxygen atoms in total. The van der Waals surface area contributed by atoms with Crippen LogP contribution in [-0.2, 0) is 10.9 Å². The minimum atomic E-state index is -4.49. The number of carbonyl (C=O) groups is 1. The number of alkyl halides is 3. The second-order valence-corrected chi connectivity index (χ2v) is 5.82. The first-order valence-electron chi connectivity index (χ1n) is 5.75. The summed E-state index contributed by atoms with van der Waals surface area (Å²) in [6.07, 6.45) is -4.49. The van der Waals surface area contributed by atoms with Gasteiger partial charge in [-0.3, -0.25) is 4.79 Å². The number of benzene rings is 1. The van der Waals surface area contributed by atoms with Crippen LogP contribution in [0.2, 0.25) is 0 Å². The van der Waals surface area contributed by atoms with Crippen molar-refractivity contribution in [1.82, 2.24) is 5.32 Å². The van der Waals surface area contributed by atoms with Crippen LogP contribution in [0.4, 0.5) is 13.2 Å². The highest BCUT2D eigenvalue weighted by Crippen LogP contribution is 2.32. The number of rotatable bonds is 4. The Labute approximate surface area is 123 Å². The fourth-order valence-electron chi connectivity index (χ4n) is 1.65. The van der Waals surface area contributed by atoms with Crippen LogP contribution in [0.25, 0.3) is 0 Å². The standard InChI is InChI=1S/C13H15BrF3NO2/c1-12(2,7-20-3)18-11(19)9-6-8(13(15,16)17)4-5-10(9)14/h4-6H,7H2,1-3H3,(H,18,19). The van der Waals surface area contributed by atoms with E-state index in [-0.39, 0.29) is 12.2 Å². The monoisotopic (exact) mass is 353 g/mol. The van der Waals surface area contributed by atoms with E-state index in [0.29, 0.717) is 4.47 Å². The molecule has 0 spiro atoms. The highest BCUT2D eigenvalue weighted by atomic mass is 79.9. The summed E-state index contributed by atoms with van der Waals surface area (Å²) < 4.78 is 43.2. The van der Waals surface area contributed by atoms with Crippen molar-refractivity contribution in [2.75, 3.05) is 13.7 Å². The van der Waals surface area contributed by atoms with E-state index in [1.54, 1.807) is 13.8 Å². The first-order valence-corrected chi connectivity index (χ1v) is 6.54. The van der Waals surface area contributed by atoms with E-state index in [1.165, 1.54) is 13.2 Å². The first kappa shape index (κ1) is 17.0. The van der Waals surface area contributed by atoms with Crippen LogP contribution in [-0.4, -0.2) is 25.2 Å². The molecular formula is C13H15BrF3NO2. The SMILES string of the molecule is COCC(C)(C)NC(=O)c1cc(C(F)(F)F)ccc1Br. The Hall–Kier alpha value is -1.08. The van der Waals surface area contributed by atoms with Crippen molar-refractivity contribution in [3.05, 3.63) is 33.8 Å². The Bertz CT molecular complexity index is 501. The van der Waals surface area contributed by atoms with Crippen LogP contribution in [0, 0.1) is 0 Å². The number of methoxy groups -OCH3 is 1. The Kier molecular flexibility index (Phi) is 5.21.